The fraction of sp³-hybridized carbons (Fsp3) is 0.800. The van der Waals surface area contributed by atoms with Gasteiger partial charge in [0, 0.05) is 17.4 Å². The van der Waals surface area contributed by atoms with Crippen molar-refractivity contribution in [2.75, 3.05) is 5.75 Å². The molecule has 264 valence electrons. The molecule has 0 radical (unpaired) electrons. The van der Waals surface area contributed by atoms with Crippen LogP contribution in [0.15, 0.2) is 47.1 Å². The van der Waals surface area contributed by atoms with E-state index in [2.05, 4.69) is 120 Å². The summed E-state index contributed by atoms with van der Waals surface area (Å²) in [6, 6.07) is 0. The van der Waals surface area contributed by atoms with E-state index in [1.165, 1.54) is 30.4 Å². The standard InChI is InChI=1S/C40H72O3SSi2/c1-16-30(17-2)36(41)27-44-29(4)34-22-23-35-31(19-18-24-40(34,35)11)20-21-32-25-33(42-45(12,13)38(5,6)7)26-37(28(32)3)43-46(14,15)39(8,9)10/h20-22,29-30,33,35-37,41H,3,16-19,23-27H2,1-2,4-15H3/t29-,33-,35+,36-,37+,40-/m1/s1. The number of hydrogen-bond acceptors (Lipinski definition) is 4. The van der Waals surface area contributed by atoms with Gasteiger partial charge in [-0.1, -0.05) is 111 Å². The molecule has 0 spiro atoms. The van der Waals surface area contributed by atoms with E-state index in [0.717, 1.165) is 37.9 Å². The Morgan fingerprint density at radius 3 is 2.17 bits per heavy atom. The van der Waals surface area contributed by atoms with Gasteiger partial charge in [-0.05, 0) is 104 Å². The van der Waals surface area contributed by atoms with E-state index in [4.69, 9.17) is 8.85 Å². The molecule has 0 aromatic rings. The molecule has 3 aliphatic carbocycles. The highest BCUT2D eigenvalue weighted by Crippen LogP contribution is 2.57. The molecule has 0 amide bonds. The molecule has 6 atom stereocenters. The highest BCUT2D eigenvalue weighted by atomic mass is 32.2. The van der Waals surface area contributed by atoms with Crippen molar-refractivity contribution in [3.05, 3.63) is 47.1 Å². The van der Waals surface area contributed by atoms with Crippen molar-refractivity contribution in [2.24, 2.45) is 17.3 Å². The largest absolute Gasteiger partial charge is 0.413 e. The van der Waals surface area contributed by atoms with Crippen LogP contribution in [-0.2, 0) is 8.85 Å². The van der Waals surface area contributed by atoms with Crippen molar-refractivity contribution in [3.8, 4) is 0 Å². The quantitative estimate of drug-likeness (QED) is 0.164. The second-order valence-corrected chi connectivity index (χ2v) is 29.0. The average Bonchev–Trinajstić information content (AvgIpc) is 3.29. The molecule has 2 saturated carbocycles. The SMILES string of the molecule is C=C1C(=CC=C2CCC[C@]3(C)C([C@@H](C)SC[C@@H](O)C(CC)CC)=CC[C@@H]23)C[C@@H](O[Si](C)(C)C(C)(C)C)C[C@@H]1O[Si](C)(C)C(C)(C)C. The van der Waals surface area contributed by atoms with E-state index in [0.29, 0.717) is 17.1 Å². The molecule has 0 aromatic carbocycles. The summed E-state index contributed by atoms with van der Waals surface area (Å²) >= 11 is 1.96. The Morgan fingerprint density at radius 2 is 1.61 bits per heavy atom. The summed E-state index contributed by atoms with van der Waals surface area (Å²) in [6.45, 7) is 37.5. The van der Waals surface area contributed by atoms with Crippen LogP contribution in [0.25, 0.3) is 0 Å². The zero-order valence-electron chi connectivity index (χ0n) is 32.4. The van der Waals surface area contributed by atoms with Crippen LogP contribution in [0.4, 0.5) is 0 Å². The predicted molar refractivity (Wildman–Crippen MR) is 209 cm³/mol. The Hall–Kier alpha value is -0.376. The normalized spacial score (nSPS) is 29.8. The molecule has 2 fully saturated rings. The van der Waals surface area contributed by atoms with E-state index >= 15 is 0 Å². The average molecular weight is 689 g/mol. The third-order valence-corrected chi connectivity index (χ3v) is 23.2. The zero-order valence-corrected chi connectivity index (χ0v) is 35.3. The Morgan fingerprint density at radius 1 is 1.02 bits per heavy atom. The van der Waals surface area contributed by atoms with Gasteiger partial charge in [-0.2, -0.15) is 11.8 Å². The van der Waals surface area contributed by atoms with Crippen molar-refractivity contribution in [3.63, 3.8) is 0 Å². The third-order valence-electron chi connectivity index (χ3n) is 12.9. The lowest BCUT2D eigenvalue weighted by Gasteiger charge is -2.45. The maximum atomic E-state index is 10.8. The van der Waals surface area contributed by atoms with Crippen LogP contribution < -0.4 is 0 Å². The van der Waals surface area contributed by atoms with Gasteiger partial charge < -0.3 is 14.0 Å². The first-order valence-corrected chi connectivity index (χ1v) is 25.4. The first-order chi connectivity index (χ1) is 21.1. The van der Waals surface area contributed by atoms with Gasteiger partial charge in [-0.25, -0.2) is 0 Å². The molecule has 46 heavy (non-hydrogen) atoms. The van der Waals surface area contributed by atoms with Gasteiger partial charge in [0.05, 0.1) is 18.3 Å². The third kappa shape index (κ3) is 9.04. The summed E-state index contributed by atoms with van der Waals surface area (Å²) in [6.07, 6.45) is 16.2. The summed E-state index contributed by atoms with van der Waals surface area (Å²) in [5.41, 5.74) is 5.92. The Kier molecular flexibility index (Phi) is 13.3. The number of aliphatic hydroxyl groups is 1. The number of rotatable bonds is 12. The molecule has 3 aliphatic rings. The monoisotopic (exact) mass is 688 g/mol. The van der Waals surface area contributed by atoms with Crippen LogP contribution in [0.1, 0.15) is 121 Å². The molecule has 0 saturated heterocycles. The molecule has 1 N–H and O–H groups in total. The van der Waals surface area contributed by atoms with Crippen LogP contribution >= 0.6 is 11.8 Å². The number of thioether (sulfide) groups is 1. The molecule has 3 nitrogen and oxygen atoms in total. The minimum atomic E-state index is -1.99. The second-order valence-electron chi connectivity index (χ2n) is 18.1. The number of aliphatic hydroxyl groups excluding tert-OH is 1. The summed E-state index contributed by atoms with van der Waals surface area (Å²) < 4.78 is 14.2. The maximum absolute atomic E-state index is 10.8. The van der Waals surface area contributed by atoms with Crippen molar-refractivity contribution in [1.29, 1.82) is 0 Å². The van der Waals surface area contributed by atoms with Crippen LogP contribution in [-0.4, -0.2) is 51.1 Å². The first-order valence-electron chi connectivity index (χ1n) is 18.5. The van der Waals surface area contributed by atoms with E-state index in [1.54, 1.807) is 11.1 Å². The van der Waals surface area contributed by atoms with E-state index in [1.807, 2.05) is 11.8 Å². The number of fused-ring (bicyclic) bond motifs is 1. The fourth-order valence-corrected chi connectivity index (χ4v) is 11.5. The van der Waals surface area contributed by atoms with Crippen LogP contribution in [0, 0.1) is 17.3 Å². The Labute approximate surface area is 291 Å². The van der Waals surface area contributed by atoms with Crippen molar-refractivity contribution in [1.82, 2.24) is 0 Å². The molecule has 0 heterocycles. The smallest absolute Gasteiger partial charge is 0.192 e. The lowest BCUT2D eigenvalue weighted by Crippen LogP contribution is -2.49. The van der Waals surface area contributed by atoms with E-state index < -0.39 is 16.6 Å². The van der Waals surface area contributed by atoms with Gasteiger partial charge in [0.15, 0.2) is 16.6 Å². The molecule has 6 heteroatoms. The summed E-state index contributed by atoms with van der Waals surface area (Å²) in [5.74, 6) is 1.81. The lowest BCUT2D eigenvalue weighted by atomic mass is 9.64. The van der Waals surface area contributed by atoms with Crippen molar-refractivity contribution < 1.29 is 14.0 Å². The Bertz CT molecular complexity index is 1150. The molecule has 0 aliphatic heterocycles. The molecular formula is C40H72O3SSi2. The van der Waals surface area contributed by atoms with Gasteiger partial charge in [0.1, 0.15) is 0 Å². The fourth-order valence-electron chi connectivity index (χ4n) is 7.55. The first kappa shape index (κ1) is 40.1. The zero-order chi connectivity index (χ0) is 34.9. The van der Waals surface area contributed by atoms with Gasteiger partial charge in [-0.15, -0.1) is 0 Å². The van der Waals surface area contributed by atoms with Gasteiger partial charge in [0.2, 0.25) is 0 Å². The second kappa shape index (κ2) is 15.2. The molecule has 0 aromatic heterocycles. The topological polar surface area (TPSA) is 38.7 Å². The minimum Gasteiger partial charge on any atom is -0.413 e. The summed E-state index contributed by atoms with van der Waals surface area (Å²) in [7, 11) is -3.92. The molecular weight excluding hydrogens is 617 g/mol. The van der Waals surface area contributed by atoms with Crippen molar-refractivity contribution in [2.45, 2.75) is 180 Å². The highest BCUT2D eigenvalue weighted by molar-refractivity contribution is 8.00. The van der Waals surface area contributed by atoms with Gasteiger partial charge in [-0.3, -0.25) is 0 Å². The van der Waals surface area contributed by atoms with E-state index in [-0.39, 0.29) is 33.8 Å². The maximum Gasteiger partial charge on any atom is 0.192 e. The van der Waals surface area contributed by atoms with Crippen LogP contribution in [0.2, 0.25) is 36.3 Å². The van der Waals surface area contributed by atoms with Crippen LogP contribution in [0.3, 0.4) is 0 Å². The summed E-state index contributed by atoms with van der Waals surface area (Å²) in [5, 5.41) is 11.6. The van der Waals surface area contributed by atoms with Crippen LogP contribution in [0.5, 0.6) is 0 Å². The highest BCUT2D eigenvalue weighted by Gasteiger charge is 2.47. The van der Waals surface area contributed by atoms with Crippen molar-refractivity contribution >= 4 is 28.4 Å². The molecule has 3 rings (SSSR count). The number of allylic oxidation sites excluding steroid dienone is 4. The molecule has 0 unspecified atom stereocenters. The van der Waals surface area contributed by atoms with Gasteiger partial charge >= 0.3 is 0 Å². The number of hydrogen-bond donors (Lipinski definition) is 1. The lowest BCUT2D eigenvalue weighted by molar-refractivity contribution is 0.0969. The van der Waals surface area contributed by atoms with Gasteiger partial charge in [0.25, 0.3) is 0 Å². The Balaban J connectivity index is 1.85. The van der Waals surface area contributed by atoms with E-state index in [9.17, 15) is 5.11 Å². The summed E-state index contributed by atoms with van der Waals surface area (Å²) in [4.78, 5) is 0. The molecule has 0 bridgehead atoms. The minimum absolute atomic E-state index is 0.0127. The predicted octanol–water partition coefficient (Wildman–Crippen LogP) is 12.0.